The van der Waals surface area contributed by atoms with E-state index in [9.17, 15) is 0 Å². The quantitative estimate of drug-likeness (QED) is 0.551. The standard InChI is InChI=1S/C13H28/c1-7-9-13(5,6)10-8-12(4)11(2)3/h11-12H,7-10H2,1-6H3. The van der Waals surface area contributed by atoms with E-state index < -0.39 is 0 Å². The third-order valence-corrected chi connectivity index (χ3v) is 3.34. The second-order valence-corrected chi connectivity index (χ2v) is 5.67. The Morgan fingerprint density at radius 2 is 1.54 bits per heavy atom. The maximum atomic E-state index is 2.41. The molecule has 0 aromatic heterocycles. The predicted octanol–water partition coefficient (Wildman–Crippen LogP) is 4.89. The molecule has 0 N–H and O–H groups in total. The highest BCUT2D eigenvalue weighted by atomic mass is 14.2. The van der Waals surface area contributed by atoms with Gasteiger partial charge in [-0.05, 0) is 36.5 Å². The van der Waals surface area contributed by atoms with Gasteiger partial charge in [-0.25, -0.2) is 0 Å². The number of hydrogen-bond donors (Lipinski definition) is 0. The molecule has 0 heteroatoms. The van der Waals surface area contributed by atoms with Crippen LogP contribution in [0.5, 0.6) is 0 Å². The summed E-state index contributed by atoms with van der Waals surface area (Å²) < 4.78 is 0. The molecule has 0 radical (unpaired) electrons. The molecule has 1 atom stereocenters. The highest BCUT2D eigenvalue weighted by Gasteiger charge is 2.18. The molecule has 0 fully saturated rings. The Kier molecular flexibility index (Phi) is 5.67. The average Bonchev–Trinajstić information content (AvgIpc) is 2.00. The molecule has 0 heterocycles. The van der Waals surface area contributed by atoms with Crippen molar-refractivity contribution in [2.45, 2.75) is 67.2 Å². The summed E-state index contributed by atoms with van der Waals surface area (Å²) in [5.41, 5.74) is 0.567. The third kappa shape index (κ3) is 6.12. The third-order valence-electron chi connectivity index (χ3n) is 3.34. The molecule has 13 heavy (non-hydrogen) atoms. The van der Waals surface area contributed by atoms with E-state index in [2.05, 4.69) is 41.5 Å². The van der Waals surface area contributed by atoms with Gasteiger partial charge in [0.25, 0.3) is 0 Å². The number of hydrogen-bond acceptors (Lipinski definition) is 0. The van der Waals surface area contributed by atoms with Crippen LogP contribution in [-0.4, -0.2) is 0 Å². The van der Waals surface area contributed by atoms with Crippen LogP contribution in [0.3, 0.4) is 0 Å². The Balaban J connectivity index is 3.73. The van der Waals surface area contributed by atoms with Gasteiger partial charge in [0.05, 0.1) is 0 Å². The smallest absolute Gasteiger partial charge is 0.0354 e. The maximum Gasteiger partial charge on any atom is -0.0354 e. The monoisotopic (exact) mass is 184 g/mol. The van der Waals surface area contributed by atoms with Crippen molar-refractivity contribution in [3.63, 3.8) is 0 Å². The largest absolute Gasteiger partial charge is 0.0654 e. The summed E-state index contributed by atoms with van der Waals surface area (Å²) in [6.07, 6.45) is 5.48. The number of rotatable bonds is 6. The van der Waals surface area contributed by atoms with Crippen molar-refractivity contribution < 1.29 is 0 Å². The lowest BCUT2D eigenvalue weighted by atomic mass is 9.79. The topological polar surface area (TPSA) is 0 Å². The summed E-state index contributed by atoms with van der Waals surface area (Å²) in [5.74, 6) is 1.73. The molecule has 0 spiro atoms. The van der Waals surface area contributed by atoms with E-state index in [0.29, 0.717) is 5.41 Å². The summed E-state index contributed by atoms with van der Waals surface area (Å²) in [6.45, 7) is 14.1. The summed E-state index contributed by atoms with van der Waals surface area (Å²) in [6, 6.07) is 0. The lowest BCUT2D eigenvalue weighted by Gasteiger charge is -2.26. The fourth-order valence-electron chi connectivity index (χ4n) is 1.75. The summed E-state index contributed by atoms with van der Waals surface area (Å²) in [4.78, 5) is 0. The highest BCUT2D eigenvalue weighted by Crippen LogP contribution is 2.31. The lowest BCUT2D eigenvalue weighted by Crippen LogP contribution is -2.14. The fraction of sp³-hybridized carbons (Fsp3) is 1.00. The summed E-state index contributed by atoms with van der Waals surface area (Å²) in [5, 5.41) is 0. The Morgan fingerprint density at radius 3 is 1.92 bits per heavy atom. The zero-order chi connectivity index (χ0) is 10.5. The molecule has 0 aliphatic heterocycles. The van der Waals surface area contributed by atoms with E-state index in [0.717, 1.165) is 11.8 Å². The Hall–Kier alpha value is 0. The van der Waals surface area contributed by atoms with Crippen molar-refractivity contribution in [3.8, 4) is 0 Å². The van der Waals surface area contributed by atoms with Gasteiger partial charge in [0.2, 0.25) is 0 Å². The van der Waals surface area contributed by atoms with Crippen LogP contribution in [0.15, 0.2) is 0 Å². The first kappa shape index (κ1) is 13.0. The second-order valence-electron chi connectivity index (χ2n) is 5.67. The highest BCUT2D eigenvalue weighted by molar-refractivity contribution is 4.70. The van der Waals surface area contributed by atoms with Crippen LogP contribution in [-0.2, 0) is 0 Å². The molecule has 0 saturated heterocycles. The van der Waals surface area contributed by atoms with Gasteiger partial charge in [-0.3, -0.25) is 0 Å². The van der Waals surface area contributed by atoms with Crippen LogP contribution in [0.2, 0.25) is 0 Å². The molecule has 0 aliphatic carbocycles. The van der Waals surface area contributed by atoms with Crippen molar-refractivity contribution in [1.82, 2.24) is 0 Å². The van der Waals surface area contributed by atoms with Crippen LogP contribution in [0, 0.1) is 17.3 Å². The summed E-state index contributed by atoms with van der Waals surface area (Å²) >= 11 is 0. The minimum absolute atomic E-state index is 0.567. The Bertz CT molecular complexity index is 122. The molecule has 0 amide bonds. The molecule has 1 unspecified atom stereocenters. The van der Waals surface area contributed by atoms with Crippen LogP contribution in [0.1, 0.15) is 67.2 Å². The van der Waals surface area contributed by atoms with Crippen molar-refractivity contribution in [3.05, 3.63) is 0 Å². The predicted molar refractivity (Wildman–Crippen MR) is 61.9 cm³/mol. The first-order valence-corrected chi connectivity index (χ1v) is 5.89. The molecule has 0 aromatic carbocycles. The van der Waals surface area contributed by atoms with Gasteiger partial charge in [-0.15, -0.1) is 0 Å². The molecule has 0 aromatic rings. The Morgan fingerprint density at radius 1 is 1.00 bits per heavy atom. The molecule has 0 nitrogen and oxygen atoms in total. The lowest BCUT2D eigenvalue weighted by molar-refractivity contribution is 0.254. The van der Waals surface area contributed by atoms with Crippen molar-refractivity contribution >= 4 is 0 Å². The van der Waals surface area contributed by atoms with E-state index in [1.54, 1.807) is 0 Å². The fourth-order valence-corrected chi connectivity index (χ4v) is 1.75. The van der Waals surface area contributed by atoms with Gasteiger partial charge >= 0.3 is 0 Å². The van der Waals surface area contributed by atoms with E-state index in [1.165, 1.54) is 25.7 Å². The first-order valence-electron chi connectivity index (χ1n) is 5.89. The van der Waals surface area contributed by atoms with Gasteiger partial charge in [-0.1, -0.05) is 48.0 Å². The SMILES string of the molecule is CCCC(C)(C)CCC(C)C(C)C. The molecule has 0 aliphatic rings. The van der Waals surface area contributed by atoms with Crippen LogP contribution >= 0.6 is 0 Å². The first-order chi connectivity index (χ1) is 5.89. The van der Waals surface area contributed by atoms with E-state index in [-0.39, 0.29) is 0 Å². The van der Waals surface area contributed by atoms with Crippen LogP contribution < -0.4 is 0 Å². The van der Waals surface area contributed by atoms with E-state index in [1.807, 2.05) is 0 Å². The van der Waals surface area contributed by atoms with Crippen molar-refractivity contribution in [2.24, 2.45) is 17.3 Å². The second kappa shape index (κ2) is 5.67. The Labute approximate surface area is 85.1 Å². The van der Waals surface area contributed by atoms with Crippen LogP contribution in [0.4, 0.5) is 0 Å². The summed E-state index contributed by atoms with van der Waals surface area (Å²) in [7, 11) is 0. The van der Waals surface area contributed by atoms with Gasteiger partial charge in [0, 0.05) is 0 Å². The van der Waals surface area contributed by atoms with Gasteiger partial charge in [0.1, 0.15) is 0 Å². The van der Waals surface area contributed by atoms with Gasteiger partial charge < -0.3 is 0 Å². The van der Waals surface area contributed by atoms with Gasteiger partial charge in [-0.2, -0.15) is 0 Å². The van der Waals surface area contributed by atoms with E-state index >= 15 is 0 Å². The molecule has 80 valence electrons. The minimum Gasteiger partial charge on any atom is -0.0654 e. The molecular weight excluding hydrogens is 156 g/mol. The van der Waals surface area contributed by atoms with Crippen LogP contribution in [0.25, 0.3) is 0 Å². The van der Waals surface area contributed by atoms with Crippen molar-refractivity contribution in [2.75, 3.05) is 0 Å². The van der Waals surface area contributed by atoms with Gasteiger partial charge in [0.15, 0.2) is 0 Å². The molecular formula is C13H28. The van der Waals surface area contributed by atoms with E-state index in [4.69, 9.17) is 0 Å². The maximum absolute atomic E-state index is 2.41. The average molecular weight is 184 g/mol. The molecule has 0 saturated carbocycles. The normalized spacial score (nSPS) is 15.0. The zero-order valence-electron chi connectivity index (χ0n) is 10.5. The zero-order valence-corrected chi connectivity index (χ0v) is 10.5. The molecule has 0 rings (SSSR count). The van der Waals surface area contributed by atoms with Crippen molar-refractivity contribution in [1.29, 1.82) is 0 Å². The minimum atomic E-state index is 0.567. The molecule has 0 bridgehead atoms.